The van der Waals surface area contributed by atoms with Gasteiger partial charge in [0.1, 0.15) is 11.6 Å². The summed E-state index contributed by atoms with van der Waals surface area (Å²) in [6, 6.07) is 3.61. The molecule has 1 atom stereocenters. The van der Waals surface area contributed by atoms with Gasteiger partial charge in [-0.25, -0.2) is 8.78 Å². The smallest absolute Gasteiger partial charge is 0.227 e. The first kappa shape index (κ1) is 15.9. The number of hydrogen-bond donors (Lipinski definition) is 1. The Morgan fingerprint density at radius 3 is 2.90 bits per heavy atom. The molecule has 1 aromatic rings. The summed E-state index contributed by atoms with van der Waals surface area (Å²) in [6.07, 6.45) is 4.03. The van der Waals surface area contributed by atoms with Crippen LogP contribution in [0.3, 0.4) is 0 Å². The first-order valence-electron chi connectivity index (χ1n) is 7.50. The summed E-state index contributed by atoms with van der Waals surface area (Å²) in [4.78, 5) is 14.3. The molecule has 1 fully saturated rings. The highest BCUT2D eigenvalue weighted by Crippen LogP contribution is 2.21. The maximum atomic E-state index is 13.7. The fourth-order valence-corrected chi connectivity index (χ4v) is 2.87. The van der Waals surface area contributed by atoms with E-state index in [-0.39, 0.29) is 23.9 Å². The predicted molar refractivity (Wildman–Crippen MR) is 78.0 cm³/mol. The molecule has 1 amide bonds. The molecule has 5 heteroatoms. The van der Waals surface area contributed by atoms with Crippen molar-refractivity contribution >= 4 is 5.91 Å². The largest absolute Gasteiger partial charge is 0.339 e. The minimum absolute atomic E-state index is 0.00215. The standard InChI is InChI=1S/C16H22F2N2O/c1-19-8-7-14-4-2-3-9-20(14)16(21)10-12-5-6-13(17)11-15(12)18/h5-6,11,14,19H,2-4,7-10H2,1H3. The van der Waals surface area contributed by atoms with Crippen molar-refractivity contribution < 1.29 is 13.6 Å². The van der Waals surface area contributed by atoms with Gasteiger partial charge in [0.2, 0.25) is 5.91 Å². The van der Waals surface area contributed by atoms with Crippen molar-refractivity contribution in [2.24, 2.45) is 0 Å². The topological polar surface area (TPSA) is 32.3 Å². The molecule has 1 aliphatic rings. The van der Waals surface area contributed by atoms with Crippen LogP contribution in [0, 0.1) is 11.6 Å². The van der Waals surface area contributed by atoms with Crippen LogP contribution in [0.2, 0.25) is 0 Å². The van der Waals surface area contributed by atoms with Gasteiger partial charge >= 0.3 is 0 Å². The third-order valence-electron chi connectivity index (χ3n) is 4.03. The molecule has 0 saturated carbocycles. The summed E-state index contributed by atoms with van der Waals surface area (Å²) >= 11 is 0. The molecule has 0 bridgehead atoms. The Morgan fingerprint density at radius 2 is 2.19 bits per heavy atom. The number of likely N-dealkylation sites (tertiary alicyclic amines) is 1. The molecule has 1 heterocycles. The van der Waals surface area contributed by atoms with Crippen molar-refractivity contribution in [2.45, 2.75) is 38.1 Å². The zero-order chi connectivity index (χ0) is 15.2. The molecular formula is C16H22F2N2O. The number of halogens is 2. The lowest BCUT2D eigenvalue weighted by molar-refractivity contribution is -0.134. The van der Waals surface area contributed by atoms with Crippen LogP contribution in [0.25, 0.3) is 0 Å². The fraction of sp³-hybridized carbons (Fsp3) is 0.562. The lowest BCUT2D eigenvalue weighted by Crippen LogP contribution is -2.45. The molecule has 0 spiro atoms. The van der Waals surface area contributed by atoms with Crippen molar-refractivity contribution in [1.82, 2.24) is 10.2 Å². The summed E-state index contributed by atoms with van der Waals surface area (Å²) in [7, 11) is 1.89. The van der Waals surface area contributed by atoms with Crippen LogP contribution in [0.15, 0.2) is 18.2 Å². The number of piperidine rings is 1. The molecule has 21 heavy (non-hydrogen) atoms. The Bertz CT molecular complexity index is 493. The Morgan fingerprint density at radius 1 is 1.38 bits per heavy atom. The average Bonchev–Trinajstić information content (AvgIpc) is 2.48. The van der Waals surface area contributed by atoms with Gasteiger partial charge in [-0.2, -0.15) is 0 Å². The molecule has 1 saturated heterocycles. The molecular weight excluding hydrogens is 274 g/mol. The van der Waals surface area contributed by atoms with Crippen molar-refractivity contribution in [3.05, 3.63) is 35.4 Å². The van der Waals surface area contributed by atoms with Gasteiger partial charge in [-0.3, -0.25) is 4.79 Å². The van der Waals surface area contributed by atoms with Gasteiger partial charge in [0.15, 0.2) is 0 Å². The Kier molecular flexibility index (Phi) is 5.67. The van der Waals surface area contributed by atoms with E-state index in [0.717, 1.165) is 44.8 Å². The summed E-state index contributed by atoms with van der Waals surface area (Å²) in [5, 5.41) is 3.10. The first-order valence-corrected chi connectivity index (χ1v) is 7.50. The van der Waals surface area contributed by atoms with E-state index < -0.39 is 11.6 Å². The third-order valence-corrected chi connectivity index (χ3v) is 4.03. The van der Waals surface area contributed by atoms with Crippen LogP contribution >= 0.6 is 0 Å². The summed E-state index contributed by atoms with van der Waals surface area (Å²) in [5.41, 5.74) is 0.263. The van der Waals surface area contributed by atoms with E-state index >= 15 is 0 Å². The van der Waals surface area contributed by atoms with Crippen LogP contribution < -0.4 is 5.32 Å². The summed E-state index contributed by atoms with van der Waals surface area (Å²) in [5.74, 6) is -1.33. The van der Waals surface area contributed by atoms with Gasteiger partial charge in [0, 0.05) is 18.7 Å². The molecule has 1 aromatic carbocycles. The van der Waals surface area contributed by atoms with Crippen LogP contribution in [0.5, 0.6) is 0 Å². The van der Waals surface area contributed by atoms with Crippen molar-refractivity contribution in [3.8, 4) is 0 Å². The molecule has 3 nitrogen and oxygen atoms in total. The second-order valence-corrected chi connectivity index (χ2v) is 5.54. The number of rotatable bonds is 5. The van der Waals surface area contributed by atoms with Crippen molar-refractivity contribution in [3.63, 3.8) is 0 Å². The molecule has 2 rings (SSSR count). The Labute approximate surface area is 124 Å². The number of amides is 1. The maximum absolute atomic E-state index is 13.7. The zero-order valence-electron chi connectivity index (χ0n) is 12.4. The highest BCUT2D eigenvalue weighted by Gasteiger charge is 2.26. The van der Waals surface area contributed by atoms with Gasteiger partial charge in [-0.1, -0.05) is 6.07 Å². The molecule has 0 aliphatic carbocycles. The van der Waals surface area contributed by atoms with Gasteiger partial charge < -0.3 is 10.2 Å². The van der Waals surface area contributed by atoms with Crippen LogP contribution in [0.1, 0.15) is 31.2 Å². The third kappa shape index (κ3) is 4.24. The number of carbonyl (C=O) groups is 1. The minimum Gasteiger partial charge on any atom is -0.339 e. The van der Waals surface area contributed by atoms with Gasteiger partial charge in [0.25, 0.3) is 0 Å². The molecule has 1 unspecified atom stereocenters. The highest BCUT2D eigenvalue weighted by atomic mass is 19.1. The van der Waals surface area contributed by atoms with E-state index in [1.807, 2.05) is 11.9 Å². The fourth-order valence-electron chi connectivity index (χ4n) is 2.87. The lowest BCUT2D eigenvalue weighted by atomic mass is 9.98. The van der Waals surface area contributed by atoms with E-state index in [1.54, 1.807) is 0 Å². The van der Waals surface area contributed by atoms with Crippen LogP contribution in [-0.2, 0) is 11.2 Å². The molecule has 0 aromatic heterocycles. The quantitative estimate of drug-likeness (QED) is 0.905. The highest BCUT2D eigenvalue weighted by molar-refractivity contribution is 5.79. The number of carbonyl (C=O) groups excluding carboxylic acids is 1. The van der Waals surface area contributed by atoms with Gasteiger partial charge in [0.05, 0.1) is 6.42 Å². The van der Waals surface area contributed by atoms with Gasteiger partial charge in [-0.15, -0.1) is 0 Å². The maximum Gasteiger partial charge on any atom is 0.227 e. The average molecular weight is 296 g/mol. The lowest BCUT2D eigenvalue weighted by Gasteiger charge is -2.36. The van der Waals surface area contributed by atoms with Crippen molar-refractivity contribution in [1.29, 1.82) is 0 Å². The van der Waals surface area contributed by atoms with E-state index in [1.165, 1.54) is 12.1 Å². The molecule has 1 N–H and O–H groups in total. The second-order valence-electron chi connectivity index (χ2n) is 5.54. The second kappa shape index (κ2) is 7.50. The summed E-state index contributed by atoms with van der Waals surface area (Å²) in [6.45, 7) is 1.59. The number of nitrogens with one attached hydrogen (secondary N) is 1. The first-order chi connectivity index (χ1) is 10.1. The number of nitrogens with zero attached hydrogens (tertiary/aromatic N) is 1. The number of benzene rings is 1. The molecule has 1 aliphatic heterocycles. The summed E-state index contributed by atoms with van der Waals surface area (Å²) < 4.78 is 26.6. The SMILES string of the molecule is CNCCC1CCCCN1C(=O)Cc1ccc(F)cc1F. The Balaban J connectivity index is 2.03. The van der Waals surface area contributed by atoms with Crippen LogP contribution in [-0.4, -0.2) is 37.0 Å². The monoisotopic (exact) mass is 296 g/mol. The van der Waals surface area contributed by atoms with Gasteiger partial charge in [-0.05, 0) is 50.9 Å². The predicted octanol–water partition coefficient (Wildman–Crippen LogP) is 2.50. The molecule has 0 radical (unpaired) electrons. The minimum atomic E-state index is -0.646. The molecule has 116 valence electrons. The van der Waals surface area contributed by atoms with E-state index in [2.05, 4.69) is 5.32 Å². The van der Waals surface area contributed by atoms with Crippen molar-refractivity contribution in [2.75, 3.05) is 20.1 Å². The number of hydrogen-bond acceptors (Lipinski definition) is 2. The van der Waals surface area contributed by atoms with Crippen LogP contribution in [0.4, 0.5) is 8.78 Å². The normalized spacial score (nSPS) is 18.8. The van der Waals surface area contributed by atoms with E-state index in [0.29, 0.717) is 0 Å². The Hall–Kier alpha value is -1.49. The van der Waals surface area contributed by atoms with E-state index in [9.17, 15) is 13.6 Å². The zero-order valence-corrected chi connectivity index (χ0v) is 12.4. The van der Waals surface area contributed by atoms with E-state index in [4.69, 9.17) is 0 Å².